The van der Waals surface area contributed by atoms with Crippen molar-refractivity contribution in [3.05, 3.63) is 46.1 Å². The predicted molar refractivity (Wildman–Crippen MR) is 109 cm³/mol. The maximum atomic E-state index is 12.2. The van der Waals surface area contributed by atoms with E-state index in [9.17, 15) is 4.79 Å². The van der Waals surface area contributed by atoms with Crippen LogP contribution in [0.1, 0.15) is 59.4 Å². The molecule has 0 radical (unpaired) electrons. The van der Waals surface area contributed by atoms with Crippen LogP contribution in [0.2, 0.25) is 0 Å². The first-order chi connectivity index (χ1) is 12.3. The van der Waals surface area contributed by atoms with Crippen molar-refractivity contribution >= 4 is 23.1 Å². The number of pyridine rings is 1. The number of hydrogen-bond acceptors (Lipinski definition) is 4. The third-order valence-corrected chi connectivity index (χ3v) is 4.66. The molecule has 1 heterocycles. The molecule has 0 saturated carbocycles. The molecule has 0 saturated heterocycles. The lowest BCUT2D eigenvalue weighted by Gasteiger charge is -2.21. The molecule has 0 aliphatic rings. The van der Waals surface area contributed by atoms with E-state index in [0.717, 1.165) is 41.0 Å². The van der Waals surface area contributed by atoms with E-state index in [2.05, 4.69) is 48.5 Å². The van der Waals surface area contributed by atoms with Gasteiger partial charge in [-0.1, -0.05) is 31.5 Å². The first-order valence-electron chi connectivity index (χ1n) is 9.19. The number of carbonyl (C=O) groups is 1. The Hall–Kier alpha value is -2.56. The second kappa shape index (κ2) is 8.21. The molecule has 0 spiro atoms. The van der Waals surface area contributed by atoms with E-state index < -0.39 is 5.91 Å². The highest BCUT2D eigenvalue weighted by molar-refractivity contribution is 6.04. The van der Waals surface area contributed by atoms with Crippen LogP contribution in [-0.4, -0.2) is 16.9 Å². The zero-order valence-electron chi connectivity index (χ0n) is 16.7. The summed E-state index contributed by atoms with van der Waals surface area (Å²) in [6.07, 6.45) is 1.93. The lowest BCUT2D eigenvalue weighted by atomic mass is 10.0. The Morgan fingerprint density at radius 3 is 2.15 bits per heavy atom. The maximum Gasteiger partial charge on any atom is 0.254 e. The predicted octanol–water partition coefficient (Wildman–Crippen LogP) is 4.76. The van der Waals surface area contributed by atoms with Gasteiger partial charge in [-0.05, 0) is 57.7 Å². The van der Waals surface area contributed by atoms with Crippen molar-refractivity contribution in [2.75, 3.05) is 10.6 Å². The van der Waals surface area contributed by atoms with Crippen LogP contribution in [0.4, 0.5) is 17.2 Å². The van der Waals surface area contributed by atoms with Gasteiger partial charge in [0.25, 0.3) is 5.91 Å². The standard InChI is InChI=1S/C21H30N4O/c1-7-16(8-2)24-17-11-15(6)23-21(18(17)20(22)26)25-19-13(4)9-12(3)10-14(19)5/h9-11,16H,7-8H2,1-6H3,(H2,22,26)(H2,23,24,25). The number of nitrogens with two attached hydrogens (primary N) is 1. The average Bonchev–Trinajstić information content (AvgIpc) is 2.55. The fraction of sp³-hybridized carbons (Fsp3) is 0.429. The smallest absolute Gasteiger partial charge is 0.254 e. The molecule has 0 fully saturated rings. The van der Waals surface area contributed by atoms with Crippen LogP contribution in [0.25, 0.3) is 0 Å². The van der Waals surface area contributed by atoms with Gasteiger partial charge in [0.1, 0.15) is 11.4 Å². The molecule has 140 valence electrons. The number of nitrogens with one attached hydrogen (secondary N) is 2. The molecule has 5 nitrogen and oxygen atoms in total. The number of anilines is 3. The summed E-state index contributed by atoms with van der Waals surface area (Å²) >= 11 is 0. The zero-order chi connectivity index (χ0) is 19.4. The lowest BCUT2D eigenvalue weighted by molar-refractivity contribution is 0.100. The summed E-state index contributed by atoms with van der Waals surface area (Å²) < 4.78 is 0. The van der Waals surface area contributed by atoms with E-state index in [1.54, 1.807) is 0 Å². The number of amides is 1. The maximum absolute atomic E-state index is 12.2. The molecule has 4 N–H and O–H groups in total. The number of rotatable bonds is 7. The number of benzene rings is 1. The fourth-order valence-electron chi connectivity index (χ4n) is 3.34. The van der Waals surface area contributed by atoms with Crippen LogP contribution in [0.15, 0.2) is 18.2 Å². The Balaban J connectivity index is 2.55. The van der Waals surface area contributed by atoms with Crippen LogP contribution in [0, 0.1) is 27.7 Å². The van der Waals surface area contributed by atoms with Crippen molar-refractivity contribution in [1.82, 2.24) is 4.98 Å². The van der Waals surface area contributed by atoms with Gasteiger partial charge in [0.05, 0.1) is 5.69 Å². The summed E-state index contributed by atoms with van der Waals surface area (Å²) in [6, 6.07) is 6.39. The molecule has 1 aromatic heterocycles. The highest BCUT2D eigenvalue weighted by Gasteiger charge is 2.19. The van der Waals surface area contributed by atoms with Crippen molar-refractivity contribution in [1.29, 1.82) is 0 Å². The molecule has 1 aromatic carbocycles. The lowest BCUT2D eigenvalue weighted by Crippen LogP contribution is -2.23. The second-order valence-electron chi connectivity index (χ2n) is 6.96. The van der Waals surface area contributed by atoms with Gasteiger partial charge in [0.15, 0.2) is 0 Å². The van der Waals surface area contributed by atoms with Gasteiger partial charge < -0.3 is 16.4 Å². The van der Waals surface area contributed by atoms with Crippen molar-refractivity contribution in [2.24, 2.45) is 5.73 Å². The van der Waals surface area contributed by atoms with Crippen molar-refractivity contribution in [3.8, 4) is 0 Å². The number of hydrogen-bond donors (Lipinski definition) is 3. The molecule has 26 heavy (non-hydrogen) atoms. The van der Waals surface area contributed by atoms with Gasteiger partial charge in [-0.25, -0.2) is 4.98 Å². The summed E-state index contributed by atoms with van der Waals surface area (Å²) in [6.45, 7) is 12.3. The molecular formula is C21H30N4O. The Labute approximate surface area is 156 Å². The topological polar surface area (TPSA) is 80.0 Å². The van der Waals surface area contributed by atoms with Gasteiger partial charge in [0, 0.05) is 17.4 Å². The van der Waals surface area contributed by atoms with Crippen molar-refractivity contribution < 1.29 is 4.79 Å². The first kappa shape index (κ1) is 19.8. The van der Waals surface area contributed by atoms with Gasteiger partial charge in [-0.3, -0.25) is 4.79 Å². The van der Waals surface area contributed by atoms with E-state index in [1.807, 2.05) is 26.8 Å². The Morgan fingerprint density at radius 1 is 1.08 bits per heavy atom. The van der Waals surface area contributed by atoms with E-state index in [0.29, 0.717) is 11.4 Å². The van der Waals surface area contributed by atoms with E-state index >= 15 is 0 Å². The number of aromatic nitrogens is 1. The normalized spacial score (nSPS) is 10.9. The molecule has 0 aliphatic heterocycles. The summed E-state index contributed by atoms with van der Waals surface area (Å²) in [5, 5.41) is 6.81. The van der Waals surface area contributed by atoms with Gasteiger partial charge in [-0.15, -0.1) is 0 Å². The number of carbonyl (C=O) groups excluding carboxylic acids is 1. The van der Waals surface area contributed by atoms with Crippen LogP contribution in [0.3, 0.4) is 0 Å². The minimum absolute atomic E-state index is 0.283. The van der Waals surface area contributed by atoms with Crippen molar-refractivity contribution in [3.63, 3.8) is 0 Å². The van der Waals surface area contributed by atoms with Crippen molar-refractivity contribution in [2.45, 2.75) is 60.4 Å². The second-order valence-corrected chi connectivity index (χ2v) is 6.96. The molecule has 1 amide bonds. The van der Waals surface area contributed by atoms with Gasteiger partial charge in [0.2, 0.25) is 0 Å². The molecule has 5 heteroatoms. The third-order valence-electron chi connectivity index (χ3n) is 4.66. The summed E-state index contributed by atoms with van der Waals surface area (Å²) in [4.78, 5) is 16.8. The first-order valence-corrected chi connectivity index (χ1v) is 9.19. The minimum Gasteiger partial charge on any atom is -0.382 e. The highest BCUT2D eigenvalue weighted by atomic mass is 16.1. The number of nitrogens with zero attached hydrogens (tertiary/aromatic N) is 1. The highest BCUT2D eigenvalue weighted by Crippen LogP contribution is 2.31. The van der Waals surface area contributed by atoms with Gasteiger partial charge >= 0.3 is 0 Å². The quantitative estimate of drug-likeness (QED) is 0.670. The van der Waals surface area contributed by atoms with Crippen LogP contribution >= 0.6 is 0 Å². The Bertz CT molecular complexity index is 787. The molecule has 2 aromatic rings. The van der Waals surface area contributed by atoms with E-state index in [1.165, 1.54) is 5.56 Å². The summed E-state index contributed by atoms with van der Waals surface area (Å²) in [7, 11) is 0. The monoisotopic (exact) mass is 354 g/mol. The Morgan fingerprint density at radius 2 is 1.65 bits per heavy atom. The van der Waals surface area contributed by atoms with Crippen LogP contribution in [0.5, 0.6) is 0 Å². The summed E-state index contributed by atoms with van der Waals surface area (Å²) in [5.74, 6) is 0.0110. The fourth-order valence-corrected chi connectivity index (χ4v) is 3.34. The minimum atomic E-state index is -0.490. The molecule has 0 unspecified atom stereocenters. The summed E-state index contributed by atoms with van der Waals surface area (Å²) in [5.41, 5.74) is 12.1. The van der Waals surface area contributed by atoms with Crippen LogP contribution in [-0.2, 0) is 0 Å². The van der Waals surface area contributed by atoms with Gasteiger partial charge in [-0.2, -0.15) is 0 Å². The molecule has 0 atom stereocenters. The van der Waals surface area contributed by atoms with E-state index in [4.69, 9.17) is 5.73 Å². The largest absolute Gasteiger partial charge is 0.382 e. The van der Waals surface area contributed by atoms with E-state index in [-0.39, 0.29) is 6.04 Å². The third kappa shape index (κ3) is 4.34. The molecule has 0 bridgehead atoms. The Kier molecular flexibility index (Phi) is 6.24. The average molecular weight is 354 g/mol. The SMILES string of the molecule is CCC(CC)Nc1cc(C)nc(Nc2c(C)cc(C)cc2C)c1C(N)=O. The molecule has 0 aliphatic carbocycles. The van der Waals surface area contributed by atoms with Crippen LogP contribution < -0.4 is 16.4 Å². The number of primary amides is 1. The zero-order valence-corrected chi connectivity index (χ0v) is 16.7. The molecular weight excluding hydrogens is 324 g/mol. The number of aryl methyl sites for hydroxylation is 4. The molecule has 2 rings (SSSR count).